The highest BCUT2D eigenvalue weighted by Gasteiger charge is 2.21. The van der Waals surface area contributed by atoms with Crippen LogP contribution in [0.2, 0.25) is 0 Å². The molecule has 0 aromatic heterocycles. The number of rotatable bonds is 2. The van der Waals surface area contributed by atoms with Gasteiger partial charge in [-0.2, -0.15) is 9.89 Å². The van der Waals surface area contributed by atoms with Crippen LogP contribution in [0, 0.1) is 0 Å². The van der Waals surface area contributed by atoms with Crippen LogP contribution in [0.1, 0.15) is 6.92 Å². The van der Waals surface area contributed by atoms with Crippen LogP contribution in [0.3, 0.4) is 0 Å². The van der Waals surface area contributed by atoms with E-state index in [1.807, 2.05) is 0 Å². The largest absolute Gasteiger partial charge is 0.174 e. The number of hydrogen-bond donors (Lipinski definition) is 0. The highest BCUT2D eigenvalue weighted by molar-refractivity contribution is 8.25. The Morgan fingerprint density at radius 2 is 1.41 bits per heavy atom. The van der Waals surface area contributed by atoms with Crippen molar-refractivity contribution in [2.75, 3.05) is 5.75 Å². The second-order valence-corrected chi connectivity index (χ2v) is 11.8. The molecule has 1 aliphatic heterocycles. The summed E-state index contributed by atoms with van der Waals surface area (Å²) in [5, 5.41) is 5.61. The number of fused-ring (bicyclic) bond motifs is 1. The lowest BCUT2D eigenvalue weighted by Crippen LogP contribution is -2.34. The van der Waals surface area contributed by atoms with Crippen molar-refractivity contribution in [1.82, 2.24) is 0 Å². The van der Waals surface area contributed by atoms with Crippen molar-refractivity contribution < 1.29 is 0 Å². The van der Waals surface area contributed by atoms with Crippen molar-refractivity contribution in [2.45, 2.75) is 6.92 Å². The zero-order valence-electron chi connectivity index (χ0n) is 12.6. The molecule has 1 unspecified atom stereocenters. The average Bonchev–Trinajstić information content (AvgIpc) is 3.07. The van der Waals surface area contributed by atoms with E-state index in [2.05, 4.69) is 85.1 Å². The molecule has 1 aliphatic carbocycles. The number of benzene rings is 2. The van der Waals surface area contributed by atoms with Gasteiger partial charge in [-0.1, -0.05) is 78.4 Å². The molecule has 2 heteroatoms. The van der Waals surface area contributed by atoms with Gasteiger partial charge in [-0.05, 0) is 33.9 Å². The van der Waals surface area contributed by atoms with E-state index in [0.717, 1.165) is 0 Å². The predicted molar refractivity (Wildman–Crippen MR) is 100 cm³/mol. The highest BCUT2D eigenvalue weighted by atomic mass is 32.3. The molecule has 2 aliphatic rings. The normalized spacial score (nSPS) is 19.3. The molecule has 1 atom stereocenters. The Morgan fingerprint density at radius 1 is 0.818 bits per heavy atom. The average molecular weight is 319 g/mol. The lowest BCUT2D eigenvalue weighted by Gasteiger charge is -2.11. The molecule has 0 saturated carbocycles. The molecule has 0 amide bonds. The van der Waals surface area contributed by atoms with Gasteiger partial charge < -0.3 is 0 Å². The van der Waals surface area contributed by atoms with Gasteiger partial charge in [0.1, 0.15) is 7.50 Å². The second-order valence-electron chi connectivity index (χ2n) is 5.77. The van der Waals surface area contributed by atoms with Gasteiger partial charge >= 0.3 is 0 Å². The Bertz CT molecular complexity index is 798. The third-order valence-electron chi connectivity index (χ3n) is 4.07. The maximum atomic E-state index is 2.55. The quantitative estimate of drug-likeness (QED) is 0.738. The fourth-order valence-electron chi connectivity index (χ4n) is 3.11. The van der Waals surface area contributed by atoms with E-state index < -0.39 is 7.50 Å². The number of hydrogen-bond acceptors (Lipinski definition) is 0. The molecule has 0 radical (unpaired) electrons. The van der Waals surface area contributed by atoms with Crippen LogP contribution in [0.15, 0.2) is 94.9 Å². The van der Waals surface area contributed by atoms with E-state index in [9.17, 15) is 0 Å². The van der Waals surface area contributed by atoms with Crippen LogP contribution < -0.4 is 10.4 Å². The Balaban J connectivity index is 1.90. The van der Waals surface area contributed by atoms with Crippen molar-refractivity contribution >= 4 is 27.8 Å². The van der Waals surface area contributed by atoms with Gasteiger partial charge in [0.2, 0.25) is 0 Å². The van der Waals surface area contributed by atoms with E-state index in [1.54, 1.807) is 5.57 Å². The van der Waals surface area contributed by atoms with E-state index in [4.69, 9.17) is 0 Å². The fraction of sp³-hybridized carbons (Fsp3) is 0.100. The topological polar surface area (TPSA) is 0 Å². The van der Waals surface area contributed by atoms with Gasteiger partial charge in [0.05, 0.1) is 0 Å². The summed E-state index contributed by atoms with van der Waals surface area (Å²) in [6.45, 7) is 2.20. The molecule has 4 rings (SSSR count). The Morgan fingerprint density at radius 3 is 1.95 bits per heavy atom. The fourth-order valence-corrected chi connectivity index (χ4v) is 10.8. The summed E-state index contributed by atoms with van der Waals surface area (Å²) in [6, 6.07) is 22.2. The van der Waals surface area contributed by atoms with Crippen molar-refractivity contribution in [3.63, 3.8) is 0 Å². The third kappa shape index (κ3) is 2.53. The number of allylic oxidation sites excluding steroid dienone is 4. The molecule has 1 heterocycles. The van der Waals surface area contributed by atoms with Gasteiger partial charge in [-0.3, -0.25) is 0 Å². The van der Waals surface area contributed by atoms with Crippen molar-refractivity contribution in [1.29, 1.82) is 0 Å². The van der Waals surface area contributed by atoms with E-state index >= 15 is 0 Å². The maximum Gasteiger partial charge on any atom is 0.117 e. The predicted octanol–water partition coefficient (Wildman–Crippen LogP) is 3.85. The first-order chi connectivity index (χ1) is 10.8. The molecule has 0 bridgehead atoms. The summed E-state index contributed by atoms with van der Waals surface area (Å²) in [5.74, 6) is 1.22. The summed E-state index contributed by atoms with van der Waals surface area (Å²) in [4.78, 5) is 0. The van der Waals surface area contributed by atoms with Crippen LogP contribution in [-0.4, -0.2) is 13.3 Å². The molecule has 2 aromatic rings. The minimum absolute atomic E-state index is 0.336. The molecule has 0 fully saturated rings. The monoisotopic (exact) mass is 318 g/mol. The Kier molecular flexibility index (Phi) is 3.64. The van der Waals surface area contributed by atoms with Crippen molar-refractivity contribution in [3.05, 3.63) is 94.9 Å². The lowest BCUT2D eigenvalue weighted by molar-refractivity contribution is 1.52. The van der Waals surface area contributed by atoms with E-state index in [1.165, 1.54) is 27.3 Å². The molecule has 22 heavy (non-hydrogen) atoms. The van der Waals surface area contributed by atoms with Gasteiger partial charge in [-0.25, -0.2) is 0 Å². The molecular weight excluding hydrogens is 300 g/mol. The van der Waals surface area contributed by atoms with Gasteiger partial charge in [0.15, 0.2) is 0 Å². The Hall–Kier alpha value is -1.77. The minimum atomic E-state index is -0.754. The Labute approximate surface area is 135 Å². The smallest absolute Gasteiger partial charge is 0.117 e. The summed E-state index contributed by atoms with van der Waals surface area (Å²) in [5.41, 5.74) is 4.43. The lowest BCUT2D eigenvalue weighted by atomic mass is 10.2. The summed E-state index contributed by atoms with van der Waals surface area (Å²) < 4.78 is 0. The molecule has 108 valence electrons. The summed E-state index contributed by atoms with van der Waals surface area (Å²) >= 11 is 0. The summed E-state index contributed by atoms with van der Waals surface area (Å²) in [7, 11) is -0.418. The maximum absolute atomic E-state index is 2.55. The van der Waals surface area contributed by atoms with E-state index in [0.29, 0.717) is 9.89 Å². The third-order valence-corrected chi connectivity index (χ3v) is 11.2. The molecule has 0 N–H and O–H groups in total. The van der Waals surface area contributed by atoms with Gasteiger partial charge in [-0.15, -0.1) is 0 Å². The van der Waals surface area contributed by atoms with Crippen molar-refractivity contribution in [2.24, 2.45) is 0 Å². The second kappa shape index (κ2) is 5.79. The summed E-state index contributed by atoms with van der Waals surface area (Å²) in [6.07, 6.45) is 4.71. The van der Waals surface area contributed by atoms with Gasteiger partial charge in [0, 0.05) is 5.75 Å². The first-order valence-corrected chi connectivity index (χ1v) is 11.3. The van der Waals surface area contributed by atoms with Crippen LogP contribution >= 0.6 is 9.89 Å². The first kappa shape index (κ1) is 13.9. The van der Waals surface area contributed by atoms with Crippen molar-refractivity contribution in [3.8, 4) is 0 Å². The zero-order chi connectivity index (χ0) is 14.9. The van der Waals surface area contributed by atoms with Gasteiger partial charge in [0.25, 0.3) is 0 Å². The molecule has 0 saturated heterocycles. The van der Waals surface area contributed by atoms with E-state index in [-0.39, 0.29) is 0 Å². The standard InChI is InChI=1S/C20H18SSi/c1-16-12-17-14-21(15-18(17)13-16)22(19-8-4-2-5-9-19)20-10-6-3-7-11-20/h2-14H,15H2,1H3. The minimum Gasteiger partial charge on any atom is -0.174 e. The molecule has 0 spiro atoms. The molecule has 0 nitrogen and oxygen atoms in total. The molecule has 2 aromatic carbocycles. The first-order valence-electron chi connectivity index (χ1n) is 7.60. The molecular formula is C20H18SSi. The SMILES string of the molecule is CC1=CC2=CS(=[Si](c3ccccc3)c3ccccc3)CC2=C1. The van der Waals surface area contributed by atoms with Crippen LogP contribution in [-0.2, 0) is 0 Å². The highest BCUT2D eigenvalue weighted by Crippen LogP contribution is 2.39. The van der Waals surface area contributed by atoms with Crippen LogP contribution in [0.25, 0.3) is 0 Å². The zero-order valence-corrected chi connectivity index (χ0v) is 14.4. The van der Waals surface area contributed by atoms with Crippen LogP contribution in [0.4, 0.5) is 0 Å². The van der Waals surface area contributed by atoms with Crippen LogP contribution in [0.5, 0.6) is 0 Å².